The zero-order valence-corrected chi connectivity index (χ0v) is 17.7. The number of carboxylic acids is 1. The van der Waals surface area contributed by atoms with E-state index in [1.807, 2.05) is 24.3 Å². The molecule has 0 amide bonds. The van der Waals surface area contributed by atoms with Gasteiger partial charge in [-0.05, 0) is 53.1 Å². The Labute approximate surface area is 184 Å². The first-order valence-electron chi connectivity index (χ1n) is 9.69. The first-order chi connectivity index (χ1) is 14.9. The molecule has 4 rings (SSSR count). The van der Waals surface area contributed by atoms with Gasteiger partial charge in [-0.15, -0.1) is 0 Å². The highest BCUT2D eigenvalue weighted by atomic mass is 35.5. The van der Waals surface area contributed by atoms with Gasteiger partial charge in [0.25, 0.3) is 0 Å². The predicted molar refractivity (Wildman–Crippen MR) is 117 cm³/mol. The first-order valence-corrected chi connectivity index (χ1v) is 10.1. The minimum absolute atomic E-state index is 0.146. The molecule has 1 aliphatic rings. The van der Waals surface area contributed by atoms with E-state index in [4.69, 9.17) is 21.1 Å². The molecule has 0 spiro atoms. The molecular weight excluding hydrogens is 421 g/mol. The van der Waals surface area contributed by atoms with Gasteiger partial charge in [0.2, 0.25) is 0 Å². The number of halogens is 2. The van der Waals surface area contributed by atoms with Crippen LogP contribution in [0.4, 0.5) is 10.1 Å². The highest BCUT2D eigenvalue weighted by Gasteiger charge is 2.43. The highest BCUT2D eigenvalue weighted by Crippen LogP contribution is 2.50. The minimum Gasteiger partial charge on any atom is -0.497 e. The van der Waals surface area contributed by atoms with Gasteiger partial charge in [-0.25, -0.2) is 9.18 Å². The van der Waals surface area contributed by atoms with Crippen LogP contribution < -0.4 is 14.8 Å². The molecule has 0 fully saturated rings. The lowest BCUT2D eigenvalue weighted by molar-refractivity contribution is -0.138. The van der Waals surface area contributed by atoms with E-state index in [1.165, 1.54) is 12.1 Å². The molecule has 0 radical (unpaired) electrons. The fourth-order valence-corrected chi connectivity index (χ4v) is 4.51. The van der Waals surface area contributed by atoms with E-state index in [2.05, 4.69) is 5.32 Å². The molecule has 3 unspecified atom stereocenters. The van der Waals surface area contributed by atoms with Crippen LogP contribution in [0.1, 0.15) is 28.5 Å². The Hall–Kier alpha value is -3.25. The molecule has 0 saturated carbocycles. The maximum Gasteiger partial charge on any atom is 0.326 e. The molecule has 1 heterocycles. The van der Waals surface area contributed by atoms with Crippen LogP contribution in [0.3, 0.4) is 0 Å². The largest absolute Gasteiger partial charge is 0.497 e. The number of anilines is 1. The number of nitrogens with one attached hydrogen (secondary N) is 1. The standard InChI is InChI=1S/C24H21ClFNO4/c1-30-16-7-3-13(4-8-16)20-18-11-15(26)12-19(25)22(18)27-23(24(28)29)21(20)14-5-9-17(31-2)10-6-14/h3-12,20-21,23,27H,1-2H3,(H,28,29). The molecule has 3 aromatic rings. The minimum atomic E-state index is -1.02. The number of hydrogen-bond acceptors (Lipinski definition) is 4. The summed E-state index contributed by atoms with van der Waals surface area (Å²) < 4.78 is 24.9. The summed E-state index contributed by atoms with van der Waals surface area (Å²) in [4.78, 5) is 12.3. The van der Waals surface area contributed by atoms with Crippen LogP contribution in [-0.2, 0) is 4.79 Å². The number of rotatable bonds is 5. The molecule has 1 aliphatic heterocycles. The van der Waals surface area contributed by atoms with E-state index >= 15 is 0 Å². The number of carboxylic acid groups (broad SMARTS) is 1. The molecule has 31 heavy (non-hydrogen) atoms. The van der Waals surface area contributed by atoms with Gasteiger partial charge >= 0.3 is 5.97 Å². The van der Waals surface area contributed by atoms with E-state index in [-0.39, 0.29) is 5.02 Å². The van der Waals surface area contributed by atoms with Crippen LogP contribution in [0.15, 0.2) is 60.7 Å². The molecule has 0 bridgehead atoms. The normalized spacial score (nSPS) is 19.8. The molecular formula is C24H21ClFNO4. The monoisotopic (exact) mass is 441 g/mol. The molecule has 7 heteroatoms. The van der Waals surface area contributed by atoms with Crippen molar-refractivity contribution in [3.63, 3.8) is 0 Å². The van der Waals surface area contributed by atoms with Gasteiger partial charge in [-0.1, -0.05) is 35.9 Å². The average molecular weight is 442 g/mol. The van der Waals surface area contributed by atoms with Gasteiger partial charge in [-0.2, -0.15) is 0 Å². The van der Waals surface area contributed by atoms with E-state index < -0.39 is 29.7 Å². The number of carbonyl (C=O) groups is 1. The lowest BCUT2D eigenvalue weighted by atomic mass is 9.70. The molecule has 160 valence electrons. The van der Waals surface area contributed by atoms with Crippen LogP contribution in [0.25, 0.3) is 0 Å². The quantitative estimate of drug-likeness (QED) is 0.563. The number of benzene rings is 3. The SMILES string of the molecule is COc1ccc(C2c3cc(F)cc(Cl)c3NC(C(=O)O)C2c2ccc(OC)cc2)cc1. The van der Waals surface area contributed by atoms with Crippen LogP contribution in [0, 0.1) is 5.82 Å². The summed E-state index contributed by atoms with van der Waals surface area (Å²) in [5.74, 6) is -1.15. The van der Waals surface area contributed by atoms with Crippen LogP contribution in [0.5, 0.6) is 11.5 Å². The number of methoxy groups -OCH3 is 2. The fraction of sp³-hybridized carbons (Fsp3) is 0.208. The Kier molecular flexibility index (Phi) is 5.74. The third kappa shape index (κ3) is 3.91. The smallest absolute Gasteiger partial charge is 0.326 e. The molecule has 3 aromatic carbocycles. The summed E-state index contributed by atoms with van der Waals surface area (Å²) in [6, 6.07) is 16.2. The van der Waals surface area contributed by atoms with Crippen molar-refractivity contribution in [3.05, 3.63) is 88.2 Å². The lowest BCUT2D eigenvalue weighted by Crippen LogP contribution is -2.42. The van der Waals surface area contributed by atoms with Crippen molar-refractivity contribution in [3.8, 4) is 11.5 Å². The number of aliphatic carboxylic acids is 1. The predicted octanol–water partition coefficient (Wildman–Crippen LogP) is 5.29. The Morgan fingerprint density at radius 3 is 2.03 bits per heavy atom. The van der Waals surface area contributed by atoms with Crippen molar-refractivity contribution in [1.29, 1.82) is 0 Å². The van der Waals surface area contributed by atoms with Crippen molar-refractivity contribution >= 4 is 23.3 Å². The van der Waals surface area contributed by atoms with Crippen molar-refractivity contribution < 1.29 is 23.8 Å². The third-order valence-electron chi connectivity index (χ3n) is 5.68. The first kappa shape index (κ1) is 21.0. The van der Waals surface area contributed by atoms with Crippen molar-refractivity contribution in [2.24, 2.45) is 0 Å². The summed E-state index contributed by atoms with van der Waals surface area (Å²) in [5, 5.41) is 13.2. The zero-order valence-electron chi connectivity index (χ0n) is 16.9. The van der Waals surface area contributed by atoms with E-state index in [1.54, 1.807) is 38.5 Å². The molecule has 2 N–H and O–H groups in total. The molecule has 0 aromatic heterocycles. The number of hydrogen-bond donors (Lipinski definition) is 2. The molecule has 0 saturated heterocycles. The van der Waals surface area contributed by atoms with Crippen molar-refractivity contribution in [2.45, 2.75) is 17.9 Å². The van der Waals surface area contributed by atoms with E-state index in [0.717, 1.165) is 11.1 Å². The molecule has 0 aliphatic carbocycles. The van der Waals surface area contributed by atoms with Crippen LogP contribution in [-0.4, -0.2) is 31.3 Å². The maximum absolute atomic E-state index is 14.4. The summed E-state index contributed by atoms with van der Waals surface area (Å²) in [7, 11) is 3.14. The Morgan fingerprint density at radius 2 is 1.52 bits per heavy atom. The fourth-order valence-electron chi connectivity index (χ4n) is 4.25. The maximum atomic E-state index is 14.4. The van der Waals surface area contributed by atoms with Gasteiger partial charge in [0, 0.05) is 11.8 Å². The number of ether oxygens (including phenoxy) is 2. The van der Waals surface area contributed by atoms with Crippen LogP contribution >= 0.6 is 11.6 Å². The zero-order chi connectivity index (χ0) is 22.1. The number of fused-ring (bicyclic) bond motifs is 1. The Balaban J connectivity index is 1.95. The third-order valence-corrected chi connectivity index (χ3v) is 5.98. The topological polar surface area (TPSA) is 67.8 Å². The summed E-state index contributed by atoms with van der Waals surface area (Å²) in [6.45, 7) is 0. The highest BCUT2D eigenvalue weighted by molar-refractivity contribution is 6.33. The Morgan fingerprint density at radius 1 is 0.968 bits per heavy atom. The second-order valence-electron chi connectivity index (χ2n) is 7.36. The average Bonchev–Trinajstić information content (AvgIpc) is 2.78. The molecule has 3 atom stereocenters. The van der Waals surface area contributed by atoms with Gasteiger partial charge in [0.15, 0.2) is 0 Å². The Bertz CT molecular complexity index is 1100. The van der Waals surface area contributed by atoms with Gasteiger partial charge in [0.1, 0.15) is 23.4 Å². The molecule has 5 nitrogen and oxygen atoms in total. The van der Waals surface area contributed by atoms with Crippen molar-refractivity contribution in [1.82, 2.24) is 0 Å². The van der Waals surface area contributed by atoms with Gasteiger partial charge < -0.3 is 19.9 Å². The second kappa shape index (κ2) is 8.47. The van der Waals surface area contributed by atoms with Crippen molar-refractivity contribution in [2.75, 3.05) is 19.5 Å². The van der Waals surface area contributed by atoms with E-state index in [9.17, 15) is 14.3 Å². The summed E-state index contributed by atoms with van der Waals surface area (Å²) in [6.07, 6.45) is 0. The summed E-state index contributed by atoms with van der Waals surface area (Å²) >= 11 is 6.32. The second-order valence-corrected chi connectivity index (χ2v) is 7.77. The lowest BCUT2D eigenvalue weighted by Gasteiger charge is -2.40. The van der Waals surface area contributed by atoms with E-state index in [0.29, 0.717) is 22.7 Å². The summed E-state index contributed by atoms with van der Waals surface area (Å²) in [5.41, 5.74) is 2.65. The van der Waals surface area contributed by atoms with Gasteiger partial charge in [-0.3, -0.25) is 0 Å². The van der Waals surface area contributed by atoms with Gasteiger partial charge in [0.05, 0.1) is 24.9 Å². The van der Waals surface area contributed by atoms with Crippen LogP contribution in [0.2, 0.25) is 5.02 Å².